The Hall–Kier alpha value is -0.780. The van der Waals surface area contributed by atoms with Crippen LogP contribution >= 0.6 is 0 Å². The van der Waals surface area contributed by atoms with Crippen molar-refractivity contribution >= 4 is 0 Å². The summed E-state index contributed by atoms with van der Waals surface area (Å²) in [5, 5.41) is 0. The van der Waals surface area contributed by atoms with E-state index in [0.29, 0.717) is 5.41 Å². The van der Waals surface area contributed by atoms with Crippen LogP contribution in [0.15, 0.2) is 35.5 Å². The Balaban J connectivity index is 1.70. The van der Waals surface area contributed by atoms with E-state index in [9.17, 15) is 0 Å². The summed E-state index contributed by atoms with van der Waals surface area (Å²) in [4.78, 5) is 0. The maximum Gasteiger partial charge on any atom is -0.0143 e. The van der Waals surface area contributed by atoms with Crippen LogP contribution in [0, 0.1) is 29.1 Å². The molecule has 0 bridgehead atoms. The quantitative estimate of drug-likeness (QED) is 0.436. The number of allylic oxidation sites excluding steroid dienone is 6. The number of rotatable bonds is 5. The van der Waals surface area contributed by atoms with E-state index in [0.717, 1.165) is 23.7 Å². The molecule has 0 spiro atoms. The molecule has 0 heteroatoms. The van der Waals surface area contributed by atoms with Crippen molar-refractivity contribution in [2.24, 2.45) is 29.1 Å². The Morgan fingerprint density at radius 3 is 2.46 bits per heavy atom. The second-order valence-electron chi connectivity index (χ2n) is 10.1. The zero-order chi connectivity index (χ0) is 18.6. The molecule has 0 nitrogen and oxygen atoms in total. The largest absolute Gasteiger partial charge is 0.0880 e. The van der Waals surface area contributed by atoms with Crippen LogP contribution in [0.3, 0.4) is 0 Å². The first-order valence-electron chi connectivity index (χ1n) is 11.6. The minimum absolute atomic E-state index is 0.538. The molecule has 0 aliphatic heterocycles. The summed E-state index contributed by atoms with van der Waals surface area (Å²) < 4.78 is 0. The zero-order valence-electron chi connectivity index (χ0n) is 17.9. The molecule has 4 atom stereocenters. The highest BCUT2D eigenvalue weighted by Gasteiger charge is 2.50. The van der Waals surface area contributed by atoms with E-state index in [1.165, 1.54) is 70.6 Å². The van der Waals surface area contributed by atoms with Gasteiger partial charge in [-0.25, -0.2) is 0 Å². The number of fused-ring (bicyclic) bond motifs is 1. The number of hydrogen-bond donors (Lipinski definition) is 0. The lowest BCUT2D eigenvalue weighted by atomic mass is 9.61. The molecule has 0 unspecified atom stereocenters. The van der Waals surface area contributed by atoms with E-state index < -0.39 is 0 Å². The van der Waals surface area contributed by atoms with Gasteiger partial charge in [0.05, 0.1) is 0 Å². The van der Waals surface area contributed by atoms with Crippen LogP contribution in [0.5, 0.6) is 0 Å². The third-order valence-corrected chi connectivity index (χ3v) is 7.75. The molecule has 0 radical (unpaired) electrons. The lowest BCUT2D eigenvalue weighted by Crippen LogP contribution is -2.35. The Morgan fingerprint density at radius 1 is 0.962 bits per heavy atom. The van der Waals surface area contributed by atoms with Gasteiger partial charge >= 0.3 is 0 Å². The van der Waals surface area contributed by atoms with Crippen LogP contribution in [-0.2, 0) is 0 Å². The maximum atomic E-state index is 2.63. The van der Waals surface area contributed by atoms with Crippen molar-refractivity contribution in [3.8, 4) is 0 Å². The van der Waals surface area contributed by atoms with Gasteiger partial charge in [0.2, 0.25) is 0 Å². The van der Waals surface area contributed by atoms with Crippen molar-refractivity contribution in [3.05, 3.63) is 35.5 Å². The molecule has 26 heavy (non-hydrogen) atoms. The second kappa shape index (κ2) is 8.94. The monoisotopic (exact) mass is 354 g/mol. The van der Waals surface area contributed by atoms with Crippen molar-refractivity contribution in [3.63, 3.8) is 0 Å². The molecule has 3 saturated carbocycles. The fourth-order valence-corrected chi connectivity index (χ4v) is 6.24. The average Bonchev–Trinajstić information content (AvgIpc) is 2.98. The van der Waals surface area contributed by atoms with E-state index in [-0.39, 0.29) is 0 Å². The lowest BCUT2D eigenvalue weighted by Gasteiger charge is -2.44. The summed E-state index contributed by atoms with van der Waals surface area (Å²) >= 11 is 0. The molecule has 0 amide bonds. The van der Waals surface area contributed by atoms with Crippen LogP contribution in [0.2, 0.25) is 0 Å². The van der Waals surface area contributed by atoms with Gasteiger partial charge in [0.15, 0.2) is 0 Å². The van der Waals surface area contributed by atoms with Gasteiger partial charge in [0.1, 0.15) is 0 Å². The standard InChI is InChI=1S/C26H42/c1-20(2)10-8-11-21(3)24-17-18-25-23(14-9-19-26(24,25)4)16-15-22-12-6-5-7-13-22/h8,11,15-16,20-21,24-25H,5-7,9-10,12-14,17-19H2,1-4H3/t21-,24-,25+,26-/m1/s1. The normalized spacial score (nSPS) is 35.3. The molecule has 146 valence electrons. The van der Waals surface area contributed by atoms with Gasteiger partial charge in [0, 0.05) is 0 Å². The summed E-state index contributed by atoms with van der Waals surface area (Å²) in [6, 6.07) is 0. The Bertz CT molecular complexity index is 538. The third-order valence-electron chi connectivity index (χ3n) is 7.75. The smallest absolute Gasteiger partial charge is 0.0143 e. The van der Waals surface area contributed by atoms with E-state index in [4.69, 9.17) is 0 Å². The molecule has 0 aromatic heterocycles. The van der Waals surface area contributed by atoms with E-state index in [2.05, 4.69) is 52.0 Å². The molecule has 0 aromatic carbocycles. The van der Waals surface area contributed by atoms with Crippen molar-refractivity contribution < 1.29 is 0 Å². The molecular formula is C26H42. The van der Waals surface area contributed by atoms with Gasteiger partial charge in [-0.1, -0.05) is 69.6 Å². The fraction of sp³-hybridized carbons (Fsp3) is 0.769. The fourth-order valence-electron chi connectivity index (χ4n) is 6.24. The first-order valence-corrected chi connectivity index (χ1v) is 11.6. The Kier molecular flexibility index (Phi) is 6.87. The van der Waals surface area contributed by atoms with Crippen LogP contribution in [-0.4, -0.2) is 0 Å². The topological polar surface area (TPSA) is 0 Å². The molecule has 3 rings (SSSR count). The minimum Gasteiger partial charge on any atom is -0.0880 e. The predicted molar refractivity (Wildman–Crippen MR) is 115 cm³/mol. The summed E-state index contributed by atoms with van der Waals surface area (Å²) in [5.41, 5.74) is 4.05. The van der Waals surface area contributed by atoms with Crippen LogP contribution in [0.1, 0.15) is 98.3 Å². The SMILES string of the molecule is CC(C)CC=C[C@@H](C)[C@H]1CC[C@H]2C(=CC=C3CCCCC3)CCC[C@]12C. The molecule has 0 aromatic rings. The highest BCUT2D eigenvalue weighted by Crippen LogP contribution is 2.59. The molecule has 3 aliphatic carbocycles. The zero-order valence-corrected chi connectivity index (χ0v) is 17.9. The Morgan fingerprint density at radius 2 is 1.73 bits per heavy atom. The van der Waals surface area contributed by atoms with E-state index >= 15 is 0 Å². The van der Waals surface area contributed by atoms with Gasteiger partial charge in [0.25, 0.3) is 0 Å². The van der Waals surface area contributed by atoms with Crippen molar-refractivity contribution in [2.45, 2.75) is 98.3 Å². The predicted octanol–water partition coefficient (Wildman–Crippen LogP) is 8.26. The summed E-state index contributed by atoms with van der Waals surface area (Å²) in [6.07, 6.45) is 25.4. The number of hydrogen-bond acceptors (Lipinski definition) is 0. The maximum absolute atomic E-state index is 2.63. The van der Waals surface area contributed by atoms with Crippen molar-refractivity contribution in [1.82, 2.24) is 0 Å². The van der Waals surface area contributed by atoms with E-state index in [1.807, 2.05) is 0 Å². The first kappa shape index (κ1) is 20.0. The molecule has 3 aliphatic rings. The van der Waals surface area contributed by atoms with Gasteiger partial charge < -0.3 is 0 Å². The highest BCUT2D eigenvalue weighted by molar-refractivity contribution is 5.25. The molecule has 0 N–H and O–H groups in total. The molecule has 0 heterocycles. The van der Waals surface area contributed by atoms with Gasteiger partial charge in [-0.2, -0.15) is 0 Å². The molecular weight excluding hydrogens is 312 g/mol. The molecule has 3 fully saturated rings. The summed E-state index contributed by atoms with van der Waals surface area (Å²) in [5.74, 6) is 3.24. The minimum atomic E-state index is 0.538. The highest BCUT2D eigenvalue weighted by atomic mass is 14.5. The summed E-state index contributed by atoms with van der Waals surface area (Å²) in [6.45, 7) is 9.75. The van der Waals surface area contributed by atoms with Gasteiger partial charge in [-0.15, -0.1) is 0 Å². The van der Waals surface area contributed by atoms with E-state index in [1.54, 1.807) is 11.1 Å². The Labute approximate surface area is 163 Å². The van der Waals surface area contributed by atoms with Gasteiger partial charge in [-0.3, -0.25) is 0 Å². The van der Waals surface area contributed by atoms with Crippen LogP contribution in [0.4, 0.5) is 0 Å². The second-order valence-corrected chi connectivity index (χ2v) is 10.1. The third kappa shape index (κ3) is 4.55. The van der Waals surface area contributed by atoms with Crippen LogP contribution < -0.4 is 0 Å². The molecule has 0 saturated heterocycles. The van der Waals surface area contributed by atoms with Crippen molar-refractivity contribution in [2.75, 3.05) is 0 Å². The first-order chi connectivity index (χ1) is 12.5. The van der Waals surface area contributed by atoms with Crippen LogP contribution in [0.25, 0.3) is 0 Å². The lowest BCUT2D eigenvalue weighted by molar-refractivity contribution is 0.112. The van der Waals surface area contributed by atoms with Gasteiger partial charge in [-0.05, 0) is 93.3 Å². The average molecular weight is 355 g/mol. The van der Waals surface area contributed by atoms with Crippen molar-refractivity contribution in [1.29, 1.82) is 0 Å². The summed E-state index contributed by atoms with van der Waals surface area (Å²) in [7, 11) is 0.